The molecular weight excluding hydrogens is 543 g/mol. The zero-order valence-electron chi connectivity index (χ0n) is 17.3. The van der Waals surface area contributed by atoms with Crippen molar-refractivity contribution in [1.82, 2.24) is 9.88 Å². The Bertz CT molecular complexity index is 1250. The van der Waals surface area contributed by atoms with Gasteiger partial charge >= 0.3 is 5.97 Å². The summed E-state index contributed by atoms with van der Waals surface area (Å²) in [7, 11) is -2.66. The van der Waals surface area contributed by atoms with Crippen molar-refractivity contribution >= 4 is 49.2 Å². The zero-order chi connectivity index (χ0) is 24.1. The van der Waals surface area contributed by atoms with Crippen LogP contribution in [0.3, 0.4) is 0 Å². The van der Waals surface area contributed by atoms with Gasteiger partial charge in [-0.15, -0.1) is 0 Å². The fourth-order valence-electron chi connectivity index (χ4n) is 4.22. The van der Waals surface area contributed by atoms with Crippen LogP contribution in [0, 0.1) is 5.82 Å². The number of nitrogens with zero attached hydrogens (tertiary/aromatic N) is 2. The summed E-state index contributed by atoms with van der Waals surface area (Å²) in [5.41, 5.74) is -1.36. The topological polar surface area (TPSA) is 114 Å². The van der Waals surface area contributed by atoms with Gasteiger partial charge in [0.15, 0.2) is 9.84 Å². The van der Waals surface area contributed by atoms with E-state index >= 15 is 0 Å². The second kappa shape index (κ2) is 8.52. The average Bonchev–Trinajstić information content (AvgIpc) is 3.42. The number of halogens is 3. The van der Waals surface area contributed by atoms with E-state index in [1.165, 1.54) is 37.6 Å². The molecule has 2 aliphatic rings. The molecule has 0 bridgehead atoms. The van der Waals surface area contributed by atoms with E-state index in [0.717, 1.165) is 4.90 Å². The Morgan fingerprint density at radius 3 is 2.58 bits per heavy atom. The summed E-state index contributed by atoms with van der Waals surface area (Å²) in [6, 6.07) is 3.90. The number of hydrogen-bond donors (Lipinski definition) is 1. The van der Waals surface area contributed by atoms with Crippen molar-refractivity contribution in [2.45, 2.75) is 40.9 Å². The molecule has 8 nitrogen and oxygen atoms in total. The van der Waals surface area contributed by atoms with E-state index in [4.69, 9.17) is 16.3 Å². The Hall–Kier alpha value is -2.24. The molecule has 12 heteroatoms. The summed E-state index contributed by atoms with van der Waals surface area (Å²) in [6.07, 6.45) is 1.64. The molecule has 0 radical (unpaired) electrons. The Balaban J connectivity index is 1.66. The molecule has 2 fully saturated rings. The highest BCUT2D eigenvalue weighted by molar-refractivity contribution is 9.10. The normalized spacial score (nSPS) is 21.6. The van der Waals surface area contributed by atoms with E-state index in [0.29, 0.717) is 23.1 Å². The fourth-order valence-corrected chi connectivity index (χ4v) is 6.75. The Morgan fingerprint density at radius 1 is 1.33 bits per heavy atom. The molecule has 1 aromatic carbocycles. The Morgan fingerprint density at radius 2 is 2.03 bits per heavy atom. The number of likely N-dealkylation sites (tertiary alicyclic amines) is 1. The van der Waals surface area contributed by atoms with Crippen molar-refractivity contribution in [3.05, 3.63) is 51.5 Å². The number of hydrogen-bond acceptors (Lipinski definition) is 6. The van der Waals surface area contributed by atoms with Crippen LogP contribution >= 0.6 is 27.5 Å². The molecule has 33 heavy (non-hydrogen) atoms. The number of carbonyl (C=O) groups is 2. The van der Waals surface area contributed by atoms with E-state index in [2.05, 4.69) is 20.9 Å². The minimum atomic E-state index is -4.07. The standard InChI is InChI=1S/C21H19BrClFN2O6S/c1-32-12-2-3-17(14(23)7-12)33(30,31)13-8-16(19(27)28)26(10-13)20(29)21(4-5-21)18-15(24)6-11(22)9-25-18/h2-3,6-7,9,13,16H,4-5,8,10H2,1H3,(H,27,28)/t13-,16+/m1/s1. The third kappa shape index (κ3) is 4.10. The maximum atomic E-state index is 14.6. The third-order valence-electron chi connectivity index (χ3n) is 6.11. The highest BCUT2D eigenvalue weighted by Gasteiger charge is 2.59. The molecule has 1 aliphatic heterocycles. The number of sulfone groups is 1. The van der Waals surface area contributed by atoms with Crippen molar-refractivity contribution in [2.24, 2.45) is 0 Å². The number of aromatic nitrogens is 1. The lowest BCUT2D eigenvalue weighted by molar-refractivity contribution is -0.149. The van der Waals surface area contributed by atoms with E-state index < -0.39 is 44.2 Å². The molecule has 176 valence electrons. The molecule has 1 N–H and O–H groups in total. The number of carbonyl (C=O) groups excluding carboxylic acids is 1. The maximum absolute atomic E-state index is 14.6. The Kier molecular flexibility index (Phi) is 6.17. The molecule has 0 spiro atoms. The number of methoxy groups -OCH3 is 1. The molecular formula is C21H19BrClFN2O6S. The lowest BCUT2D eigenvalue weighted by Gasteiger charge is -2.26. The van der Waals surface area contributed by atoms with Crippen molar-refractivity contribution in [3.8, 4) is 5.75 Å². The van der Waals surface area contributed by atoms with Gasteiger partial charge in [0.05, 0.1) is 33.4 Å². The number of aliphatic carboxylic acids is 1. The number of ether oxygens (including phenoxy) is 1. The monoisotopic (exact) mass is 560 g/mol. The van der Waals surface area contributed by atoms with Gasteiger partial charge in [-0.2, -0.15) is 0 Å². The summed E-state index contributed by atoms with van der Waals surface area (Å²) >= 11 is 9.27. The first-order valence-corrected chi connectivity index (χ1v) is 12.7. The molecule has 2 heterocycles. The fraction of sp³-hybridized carbons (Fsp3) is 0.381. The van der Waals surface area contributed by atoms with E-state index in [9.17, 15) is 27.5 Å². The number of carboxylic acids is 1. The van der Waals surface area contributed by atoms with Gasteiger partial charge in [-0.05, 0) is 53.4 Å². The number of carboxylic acid groups (broad SMARTS) is 1. The summed E-state index contributed by atoms with van der Waals surface area (Å²) in [5.74, 6) is -2.29. The van der Waals surface area contributed by atoms with Crippen molar-refractivity contribution in [3.63, 3.8) is 0 Å². The smallest absolute Gasteiger partial charge is 0.326 e. The quantitative estimate of drug-likeness (QED) is 0.576. The summed E-state index contributed by atoms with van der Waals surface area (Å²) in [6.45, 7) is -0.347. The number of rotatable bonds is 6. The molecule has 4 rings (SSSR count). The van der Waals surface area contributed by atoms with Crippen LogP contribution in [0.25, 0.3) is 0 Å². The van der Waals surface area contributed by atoms with Crippen LogP contribution in [0.2, 0.25) is 5.02 Å². The Labute approximate surface area is 202 Å². The highest BCUT2D eigenvalue weighted by atomic mass is 79.9. The molecule has 1 aliphatic carbocycles. The zero-order valence-corrected chi connectivity index (χ0v) is 20.5. The molecule has 1 aromatic heterocycles. The maximum Gasteiger partial charge on any atom is 0.326 e. The van der Waals surface area contributed by atoms with Crippen molar-refractivity contribution in [1.29, 1.82) is 0 Å². The van der Waals surface area contributed by atoms with Gasteiger partial charge < -0.3 is 14.7 Å². The van der Waals surface area contributed by atoms with Gasteiger partial charge in [0.25, 0.3) is 0 Å². The van der Waals surface area contributed by atoms with Gasteiger partial charge in [-0.3, -0.25) is 9.78 Å². The second-order valence-corrected chi connectivity index (χ2v) is 11.6. The first kappa shape index (κ1) is 23.9. The predicted molar refractivity (Wildman–Crippen MR) is 120 cm³/mol. The van der Waals surface area contributed by atoms with Crippen LogP contribution in [-0.4, -0.2) is 60.2 Å². The molecule has 1 amide bonds. The molecule has 2 aromatic rings. The molecule has 2 atom stereocenters. The summed E-state index contributed by atoms with van der Waals surface area (Å²) < 4.78 is 46.6. The first-order chi connectivity index (χ1) is 15.5. The van der Waals surface area contributed by atoms with Gasteiger partial charge in [0, 0.05) is 23.3 Å². The van der Waals surface area contributed by atoms with Crippen LogP contribution in [0.5, 0.6) is 5.75 Å². The van der Waals surface area contributed by atoms with Crippen LogP contribution in [0.15, 0.2) is 39.8 Å². The van der Waals surface area contributed by atoms with Gasteiger partial charge in [0.2, 0.25) is 5.91 Å². The minimum absolute atomic E-state index is 0.0641. The summed E-state index contributed by atoms with van der Waals surface area (Å²) in [4.78, 5) is 30.3. The van der Waals surface area contributed by atoms with Crippen LogP contribution in [0.1, 0.15) is 25.0 Å². The lowest BCUT2D eigenvalue weighted by Crippen LogP contribution is -2.46. The molecule has 0 unspecified atom stereocenters. The largest absolute Gasteiger partial charge is 0.497 e. The number of benzene rings is 1. The first-order valence-electron chi connectivity index (χ1n) is 9.94. The highest BCUT2D eigenvalue weighted by Crippen LogP contribution is 2.51. The van der Waals surface area contributed by atoms with Crippen molar-refractivity contribution < 1.29 is 32.2 Å². The van der Waals surface area contributed by atoms with Gasteiger partial charge in [0.1, 0.15) is 17.6 Å². The summed E-state index contributed by atoms with van der Waals surface area (Å²) in [5, 5.41) is 8.48. The van der Waals surface area contributed by atoms with Crippen LogP contribution in [-0.2, 0) is 24.8 Å². The van der Waals surface area contributed by atoms with E-state index in [1.807, 2.05) is 0 Å². The number of amides is 1. The van der Waals surface area contributed by atoms with Crippen LogP contribution in [0.4, 0.5) is 4.39 Å². The predicted octanol–water partition coefficient (Wildman–Crippen LogP) is 3.20. The average molecular weight is 562 g/mol. The van der Waals surface area contributed by atoms with Crippen molar-refractivity contribution in [2.75, 3.05) is 13.7 Å². The lowest BCUT2D eigenvalue weighted by atomic mass is 9.98. The minimum Gasteiger partial charge on any atom is -0.497 e. The molecule has 1 saturated heterocycles. The third-order valence-corrected chi connectivity index (χ3v) is 9.16. The van der Waals surface area contributed by atoms with Gasteiger partial charge in [-0.1, -0.05) is 11.6 Å². The van der Waals surface area contributed by atoms with E-state index in [1.54, 1.807) is 0 Å². The second-order valence-electron chi connectivity index (χ2n) is 8.08. The number of pyridine rings is 1. The SMILES string of the molecule is COc1ccc(S(=O)(=O)[C@@H]2C[C@@H](C(=O)O)N(C(=O)C3(c4ncc(Br)cc4F)CC3)C2)c(Cl)c1. The van der Waals surface area contributed by atoms with Gasteiger partial charge in [-0.25, -0.2) is 17.6 Å². The van der Waals surface area contributed by atoms with Crippen LogP contribution < -0.4 is 4.74 Å². The molecule has 1 saturated carbocycles. The van der Waals surface area contributed by atoms with E-state index in [-0.39, 0.29) is 28.6 Å².